The summed E-state index contributed by atoms with van der Waals surface area (Å²) in [5.74, 6) is 0.639. The maximum absolute atomic E-state index is 11.5. The summed E-state index contributed by atoms with van der Waals surface area (Å²) in [6, 6.07) is 3.07. The lowest BCUT2D eigenvalue weighted by Gasteiger charge is -2.26. The molecule has 1 aromatic rings. The summed E-state index contributed by atoms with van der Waals surface area (Å²) in [5, 5.41) is 3.45. The van der Waals surface area contributed by atoms with Crippen molar-refractivity contribution in [2.75, 3.05) is 11.5 Å². The van der Waals surface area contributed by atoms with E-state index in [-0.39, 0.29) is 6.04 Å². The second-order valence-electron chi connectivity index (χ2n) is 7.04. The largest absolute Gasteiger partial charge is 0.346 e. The van der Waals surface area contributed by atoms with E-state index in [4.69, 9.17) is 0 Å². The van der Waals surface area contributed by atoms with Crippen molar-refractivity contribution >= 4 is 9.84 Å². The van der Waals surface area contributed by atoms with Crippen LogP contribution >= 0.6 is 0 Å². The van der Waals surface area contributed by atoms with E-state index in [1.165, 1.54) is 49.1 Å². The molecule has 2 fully saturated rings. The molecule has 0 radical (unpaired) electrons. The standard InChI is InChI=1S/C17H28N2O2S/c1-13-10-15(11-18-16-8-9-22(20,21)12-16)14(2)19(13)17-6-4-3-5-7-17/h10,16-18H,3-9,11-12H2,1-2H3. The molecular weight excluding hydrogens is 296 g/mol. The van der Waals surface area contributed by atoms with Gasteiger partial charge in [0.15, 0.2) is 9.84 Å². The van der Waals surface area contributed by atoms with Gasteiger partial charge in [-0.2, -0.15) is 0 Å². The molecular formula is C17H28N2O2S. The number of nitrogens with one attached hydrogen (secondary N) is 1. The number of nitrogens with zero attached hydrogens (tertiary/aromatic N) is 1. The van der Waals surface area contributed by atoms with Crippen LogP contribution in [0.4, 0.5) is 0 Å². The van der Waals surface area contributed by atoms with Crippen molar-refractivity contribution in [1.82, 2.24) is 9.88 Å². The minimum Gasteiger partial charge on any atom is -0.346 e. The molecule has 1 aliphatic heterocycles. The van der Waals surface area contributed by atoms with Crippen LogP contribution in [-0.2, 0) is 16.4 Å². The SMILES string of the molecule is Cc1cc(CNC2CCS(=O)(=O)C2)c(C)n1C1CCCCC1. The molecule has 1 N–H and O–H groups in total. The highest BCUT2D eigenvalue weighted by Gasteiger charge is 2.27. The van der Waals surface area contributed by atoms with Crippen LogP contribution in [0.1, 0.15) is 61.5 Å². The van der Waals surface area contributed by atoms with Crippen LogP contribution in [0.3, 0.4) is 0 Å². The van der Waals surface area contributed by atoms with Crippen molar-refractivity contribution in [2.24, 2.45) is 0 Å². The van der Waals surface area contributed by atoms with Gasteiger partial charge in [0, 0.05) is 30.0 Å². The Morgan fingerprint density at radius 1 is 1.18 bits per heavy atom. The Bertz CT molecular complexity index is 627. The quantitative estimate of drug-likeness (QED) is 0.926. The fraction of sp³-hybridized carbons (Fsp3) is 0.765. The second kappa shape index (κ2) is 6.36. The third-order valence-electron chi connectivity index (χ3n) is 5.34. The molecule has 22 heavy (non-hydrogen) atoms. The Morgan fingerprint density at radius 2 is 1.91 bits per heavy atom. The Kier molecular flexibility index (Phi) is 4.64. The zero-order chi connectivity index (χ0) is 15.7. The third-order valence-corrected chi connectivity index (χ3v) is 7.11. The second-order valence-corrected chi connectivity index (χ2v) is 9.27. The molecule has 0 bridgehead atoms. The molecule has 5 heteroatoms. The number of hydrogen-bond acceptors (Lipinski definition) is 3. The monoisotopic (exact) mass is 324 g/mol. The van der Waals surface area contributed by atoms with Gasteiger partial charge in [-0.25, -0.2) is 8.42 Å². The van der Waals surface area contributed by atoms with Crippen LogP contribution in [0.15, 0.2) is 6.07 Å². The fourth-order valence-corrected chi connectivity index (χ4v) is 5.84. The molecule has 0 spiro atoms. The summed E-state index contributed by atoms with van der Waals surface area (Å²) >= 11 is 0. The van der Waals surface area contributed by atoms with Gasteiger partial charge in [-0.3, -0.25) is 0 Å². The third kappa shape index (κ3) is 3.40. The summed E-state index contributed by atoms with van der Waals surface area (Å²) in [7, 11) is -2.80. The lowest BCUT2D eigenvalue weighted by Crippen LogP contribution is -2.29. The molecule has 2 aliphatic rings. The number of rotatable bonds is 4. The van der Waals surface area contributed by atoms with Crippen LogP contribution in [0.2, 0.25) is 0 Å². The number of aryl methyl sites for hydroxylation is 1. The van der Waals surface area contributed by atoms with Crippen molar-refractivity contribution in [3.63, 3.8) is 0 Å². The summed E-state index contributed by atoms with van der Waals surface area (Å²) in [4.78, 5) is 0. The average molecular weight is 324 g/mol. The van der Waals surface area contributed by atoms with Crippen LogP contribution in [-0.4, -0.2) is 30.5 Å². The Balaban J connectivity index is 1.67. The van der Waals surface area contributed by atoms with Crippen molar-refractivity contribution in [1.29, 1.82) is 0 Å². The smallest absolute Gasteiger partial charge is 0.151 e. The summed E-state index contributed by atoms with van der Waals surface area (Å²) in [6.45, 7) is 5.20. The zero-order valence-electron chi connectivity index (χ0n) is 13.8. The van der Waals surface area contributed by atoms with E-state index >= 15 is 0 Å². The minimum atomic E-state index is -2.80. The maximum atomic E-state index is 11.5. The molecule has 1 aliphatic carbocycles. The summed E-state index contributed by atoms with van der Waals surface area (Å²) in [5.41, 5.74) is 4.03. The van der Waals surface area contributed by atoms with E-state index in [1.54, 1.807) is 0 Å². The van der Waals surface area contributed by atoms with E-state index in [0.29, 0.717) is 17.5 Å². The lowest BCUT2D eigenvalue weighted by molar-refractivity contribution is 0.345. The molecule has 124 valence electrons. The van der Waals surface area contributed by atoms with E-state index < -0.39 is 9.84 Å². The number of aromatic nitrogens is 1. The number of hydrogen-bond donors (Lipinski definition) is 1. The molecule has 1 atom stereocenters. The first-order valence-corrected chi connectivity index (χ1v) is 10.4. The summed E-state index contributed by atoms with van der Waals surface area (Å²) in [6.07, 6.45) is 7.41. The van der Waals surface area contributed by atoms with Gasteiger partial charge in [0.25, 0.3) is 0 Å². The summed E-state index contributed by atoms with van der Waals surface area (Å²) < 4.78 is 25.6. The van der Waals surface area contributed by atoms with Crippen LogP contribution < -0.4 is 5.32 Å². The maximum Gasteiger partial charge on any atom is 0.151 e. The highest BCUT2D eigenvalue weighted by Crippen LogP contribution is 2.32. The van der Waals surface area contributed by atoms with Crippen LogP contribution in [0.5, 0.6) is 0 Å². The predicted molar refractivity (Wildman–Crippen MR) is 89.9 cm³/mol. The van der Waals surface area contributed by atoms with E-state index in [2.05, 4.69) is 29.8 Å². The van der Waals surface area contributed by atoms with Gasteiger partial charge in [-0.1, -0.05) is 19.3 Å². The van der Waals surface area contributed by atoms with Gasteiger partial charge < -0.3 is 9.88 Å². The van der Waals surface area contributed by atoms with Crippen molar-refractivity contribution in [3.8, 4) is 0 Å². The van der Waals surface area contributed by atoms with Crippen molar-refractivity contribution < 1.29 is 8.42 Å². The van der Waals surface area contributed by atoms with Crippen molar-refractivity contribution in [2.45, 2.75) is 71.0 Å². The molecule has 0 amide bonds. The molecule has 0 aromatic carbocycles. The first-order chi connectivity index (χ1) is 10.5. The van der Waals surface area contributed by atoms with Gasteiger partial charge >= 0.3 is 0 Å². The van der Waals surface area contributed by atoms with Gasteiger partial charge in [0.1, 0.15) is 0 Å². The molecule has 1 saturated carbocycles. The van der Waals surface area contributed by atoms with E-state index in [1.807, 2.05) is 0 Å². The fourth-order valence-electron chi connectivity index (χ4n) is 4.14. The van der Waals surface area contributed by atoms with Crippen LogP contribution in [0.25, 0.3) is 0 Å². The highest BCUT2D eigenvalue weighted by molar-refractivity contribution is 7.91. The molecule has 1 saturated heterocycles. The normalized spacial score (nSPS) is 25.6. The lowest BCUT2D eigenvalue weighted by atomic mass is 9.95. The van der Waals surface area contributed by atoms with Gasteiger partial charge in [-0.15, -0.1) is 0 Å². The van der Waals surface area contributed by atoms with Crippen LogP contribution in [0, 0.1) is 13.8 Å². The molecule has 4 nitrogen and oxygen atoms in total. The van der Waals surface area contributed by atoms with E-state index in [9.17, 15) is 8.42 Å². The Hall–Kier alpha value is -0.810. The van der Waals surface area contributed by atoms with Gasteiger partial charge in [0.2, 0.25) is 0 Å². The average Bonchev–Trinajstić information content (AvgIpc) is 2.97. The molecule has 2 heterocycles. The highest BCUT2D eigenvalue weighted by atomic mass is 32.2. The predicted octanol–water partition coefficient (Wildman–Crippen LogP) is 2.89. The van der Waals surface area contributed by atoms with Gasteiger partial charge in [0.05, 0.1) is 11.5 Å². The Labute approximate surface area is 134 Å². The topological polar surface area (TPSA) is 51.1 Å². The van der Waals surface area contributed by atoms with Crippen molar-refractivity contribution in [3.05, 3.63) is 23.0 Å². The molecule has 1 unspecified atom stereocenters. The molecule has 3 rings (SSSR count). The minimum absolute atomic E-state index is 0.128. The molecule has 1 aromatic heterocycles. The first-order valence-electron chi connectivity index (χ1n) is 8.57. The first kappa shape index (κ1) is 16.1. The Morgan fingerprint density at radius 3 is 2.55 bits per heavy atom. The van der Waals surface area contributed by atoms with Gasteiger partial charge in [-0.05, 0) is 44.7 Å². The number of sulfone groups is 1. The zero-order valence-corrected chi connectivity index (χ0v) is 14.6. The van der Waals surface area contributed by atoms with E-state index in [0.717, 1.165) is 13.0 Å².